The fourth-order valence-electron chi connectivity index (χ4n) is 2.39. The molecule has 0 unspecified atom stereocenters. The molecule has 0 spiro atoms. The van der Waals surface area contributed by atoms with Crippen LogP contribution in [0.5, 0.6) is 0 Å². The average Bonchev–Trinajstić information content (AvgIpc) is 2.86. The number of nitrogens with zero attached hydrogens (tertiary/aromatic N) is 2. The molecule has 3 nitrogen and oxygen atoms in total. The molecular weight excluding hydrogens is 200 g/mol. The normalized spacial score (nSPS) is 18.2. The molecule has 1 fully saturated rings. The van der Waals surface area contributed by atoms with Gasteiger partial charge in [0.15, 0.2) is 0 Å². The Hall–Kier alpha value is -0.830. The Balaban J connectivity index is 2.01. The minimum Gasteiger partial charge on any atom is -0.396 e. The Bertz CT molecular complexity index is 337. The van der Waals surface area contributed by atoms with E-state index in [4.69, 9.17) is 0 Å². The minimum absolute atomic E-state index is 0.0607. The van der Waals surface area contributed by atoms with Crippen molar-refractivity contribution in [3.8, 4) is 0 Å². The lowest BCUT2D eigenvalue weighted by Gasteiger charge is -2.19. The first-order chi connectivity index (χ1) is 7.61. The summed E-state index contributed by atoms with van der Waals surface area (Å²) >= 11 is 0. The van der Waals surface area contributed by atoms with Crippen LogP contribution in [-0.2, 0) is 6.42 Å². The summed E-state index contributed by atoms with van der Waals surface area (Å²) in [5, 5.41) is 13.9. The predicted octanol–water partition coefficient (Wildman–Crippen LogP) is 2.56. The lowest BCUT2D eigenvalue weighted by molar-refractivity contribution is 0.158. The molecule has 1 aliphatic carbocycles. The molecule has 0 bridgehead atoms. The second-order valence-electron chi connectivity index (χ2n) is 5.72. The Kier molecular flexibility index (Phi) is 3.33. The molecule has 1 saturated carbocycles. The maximum atomic E-state index is 9.24. The minimum atomic E-state index is -0.0607. The standard InChI is InChI=1S/C13H22N2O/c1-13(2,10-16)9-11-7-8-15(14-11)12-5-3-4-6-12/h7-8,12,16H,3-6,9-10H2,1-2H3. The number of aliphatic hydroxyl groups is 1. The predicted molar refractivity (Wildman–Crippen MR) is 64.3 cm³/mol. The molecular formula is C13H22N2O. The highest BCUT2D eigenvalue weighted by molar-refractivity contribution is 5.03. The molecule has 1 aromatic heterocycles. The van der Waals surface area contributed by atoms with Crippen LogP contribution in [-0.4, -0.2) is 21.5 Å². The molecule has 3 heteroatoms. The SMILES string of the molecule is CC(C)(CO)Cc1ccn(C2CCCC2)n1. The monoisotopic (exact) mass is 222 g/mol. The van der Waals surface area contributed by atoms with Crippen molar-refractivity contribution in [3.05, 3.63) is 18.0 Å². The van der Waals surface area contributed by atoms with E-state index in [2.05, 4.69) is 35.9 Å². The fraction of sp³-hybridized carbons (Fsp3) is 0.769. The first kappa shape index (κ1) is 11.6. The highest BCUT2D eigenvalue weighted by Gasteiger charge is 2.21. The molecule has 90 valence electrons. The second kappa shape index (κ2) is 4.58. The fourth-order valence-corrected chi connectivity index (χ4v) is 2.39. The molecule has 1 heterocycles. The van der Waals surface area contributed by atoms with E-state index >= 15 is 0 Å². The van der Waals surface area contributed by atoms with Crippen LogP contribution in [0.3, 0.4) is 0 Å². The third-order valence-corrected chi connectivity index (χ3v) is 3.45. The van der Waals surface area contributed by atoms with Crippen molar-refractivity contribution in [2.45, 2.75) is 52.0 Å². The van der Waals surface area contributed by atoms with E-state index in [-0.39, 0.29) is 12.0 Å². The highest BCUT2D eigenvalue weighted by atomic mass is 16.3. The third kappa shape index (κ3) is 2.64. The highest BCUT2D eigenvalue weighted by Crippen LogP contribution is 2.29. The zero-order chi connectivity index (χ0) is 11.6. The van der Waals surface area contributed by atoms with E-state index in [1.54, 1.807) is 0 Å². The summed E-state index contributed by atoms with van der Waals surface area (Å²) < 4.78 is 2.12. The van der Waals surface area contributed by atoms with Crippen LogP contribution in [0, 0.1) is 5.41 Å². The van der Waals surface area contributed by atoms with E-state index in [0.29, 0.717) is 6.04 Å². The zero-order valence-electron chi connectivity index (χ0n) is 10.3. The first-order valence-corrected chi connectivity index (χ1v) is 6.26. The number of hydrogen-bond acceptors (Lipinski definition) is 2. The van der Waals surface area contributed by atoms with Gasteiger partial charge in [0, 0.05) is 12.8 Å². The van der Waals surface area contributed by atoms with E-state index in [9.17, 15) is 5.11 Å². The average molecular weight is 222 g/mol. The van der Waals surface area contributed by atoms with Gasteiger partial charge in [-0.2, -0.15) is 5.10 Å². The summed E-state index contributed by atoms with van der Waals surface area (Å²) in [5.41, 5.74) is 1.04. The van der Waals surface area contributed by atoms with Gasteiger partial charge in [0.25, 0.3) is 0 Å². The summed E-state index contributed by atoms with van der Waals surface area (Å²) in [6, 6.07) is 2.71. The Morgan fingerprint density at radius 1 is 1.44 bits per heavy atom. The summed E-state index contributed by atoms with van der Waals surface area (Å²) in [5.74, 6) is 0. The van der Waals surface area contributed by atoms with Crippen LogP contribution in [0.1, 0.15) is 51.3 Å². The Morgan fingerprint density at radius 3 is 2.75 bits per heavy atom. The second-order valence-corrected chi connectivity index (χ2v) is 5.72. The van der Waals surface area contributed by atoms with E-state index < -0.39 is 0 Å². The molecule has 2 rings (SSSR count). The van der Waals surface area contributed by atoms with E-state index in [1.165, 1.54) is 25.7 Å². The summed E-state index contributed by atoms with van der Waals surface area (Å²) in [6.45, 7) is 4.35. The lowest BCUT2D eigenvalue weighted by Crippen LogP contribution is -2.20. The third-order valence-electron chi connectivity index (χ3n) is 3.45. The van der Waals surface area contributed by atoms with Gasteiger partial charge in [-0.3, -0.25) is 4.68 Å². The van der Waals surface area contributed by atoms with Gasteiger partial charge >= 0.3 is 0 Å². The van der Waals surface area contributed by atoms with E-state index in [0.717, 1.165) is 12.1 Å². The maximum absolute atomic E-state index is 9.24. The van der Waals surface area contributed by atoms with Crippen LogP contribution in [0.25, 0.3) is 0 Å². The van der Waals surface area contributed by atoms with Gasteiger partial charge < -0.3 is 5.11 Å². The first-order valence-electron chi connectivity index (χ1n) is 6.26. The van der Waals surface area contributed by atoms with Crippen LogP contribution >= 0.6 is 0 Å². The van der Waals surface area contributed by atoms with Crippen molar-refractivity contribution in [2.75, 3.05) is 6.61 Å². The largest absolute Gasteiger partial charge is 0.396 e. The molecule has 1 N–H and O–H groups in total. The molecule has 0 aromatic carbocycles. The quantitative estimate of drug-likeness (QED) is 0.850. The molecule has 0 radical (unpaired) electrons. The van der Waals surface area contributed by atoms with Gasteiger partial charge in [-0.15, -0.1) is 0 Å². The van der Waals surface area contributed by atoms with Gasteiger partial charge in [-0.05, 0) is 30.7 Å². The van der Waals surface area contributed by atoms with Crippen molar-refractivity contribution in [3.63, 3.8) is 0 Å². The number of hydrogen-bond donors (Lipinski definition) is 1. The lowest BCUT2D eigenvalue weighted by atomic mass is 9.89. The van der Waals surface area contributed by atoms with Gasteiger partial charge in [0.2, 0.25) is 0 Å². The summed E-state index contributed by atoms with van der Waals surface area (Å²) in [7, 11) is 0. The van der Waals surface area contributed by atoms with Crippen molar-refractivity contribution in [1.82, 2.24) is 9.78 Å². The molecule has 1 aromatic rings. The molecule has 0 saturated heterocycles. The summed E-state index contributed by atoms with van der Waals surface area (Å²) in [4.78, 5) is 0. The molecule has 0 amide bonds. The molecule has 1 aliphatic rings. The Labute approximate surface area is 97.5 Å². The van der Waals surface area contributed by atoms with Crippen molar-refractivity contribution in [1.29, 1.82) is 0 Å². The van der Waals surface area contributed by atoms with Crippen LogP contribution < -0.4 is 0 Å². The molecule has 0 atom stereocenters. The van der Waals surface area contributed by atoms with E-state index in [1.807, 2.05) is 0 Å². The van der Waals surface area contributed by atoms with Gasteiger partial charge in [0.1, 0.15) is 0 Å². The van der Waals surface area contributed by atoms with Gasteiger partial charge in [-0.1, -0.05) is 26.7 Å². The smallest absolute Gasteiger partial charge is 0.0630 e. The van der Waals surface area contributed by atoms with Gasteiger partial charge in [0.05, 0.1) is 11.7 Å². The topological polar surface area (TPSA) is 38.0 Å². The van der Waals surface area contributed by atoms with Crippen molar-refractivity contribution < 1.29 is 5.11 Å². The van der Waals surface area contributed by atoms with Crippen molar-refractivity contribution in [2.24, 2.45) is 5.41 Å². The van der Waals surface area contributed by atoms with Crippen LogP contribution in [0.15, 0.2) is 12.3 Å². The number of aromatic nitrogens is 2. The number of rotatable bonds is 4. The van der Waals surface area contributed by atoms with Crippen LogP contribution in [0.4, 0.5) is 0 Å². The Morgan fingerprint density at radius 2 is 2.12 bits per heavy atom. The maximum Gasteiger partial charge on any atom is 0.0630 e. The van der Waals surface area contributed by atoms with Gasteiger partial charge in [-0.25, -0.2) is 0 Å². The molecule has 16 heavy (non-hydrogen) atoms. The molecule has 0 aliphatic heterocycles. The zero-order valence-corrected chi connectivity index (χ0v) is 10.3. The van der Waals surface area contributed by atoms with Crippen molar-refractivity contribution >= 4 is 0 Å². The van der Waals surface area contributed by atoms with Crippen LogP contribution in [0.2, 0.25) is 0 Å². The number of aliphatic hydroxyl groups excluding tert-OH is 1. The summed E-state index contributed by atoms with van der Waals surface area (Å²) in [6.07, 6.45) is 8.15.